The highest BCUT2D eigenvalue weighted by Crippen LogP contribution is 2.45. The van der Waals surface area contributed by atoms with E-state index in [1.807, 2.05) is 62.0 Å². The predicted octanol–water partition coefficient (Wildman–Crippen LogP) is 14.9. The van der Waals surface area contributed by atoms with E-state index in [1.165, 1.54) is 62.1 Å². The molecule has 0 amide bonds. The lowest BCUT2D eigenvalue weighted by molar-refractivity contribution is 0.00105. The summed E-state index contributed by atoms with van der Waals surface area (Å²) in [5, 5.41) is 71.9. The number of hydrogen-bond acceptors (Lipinski definition) is 25. The zero-order chi connectivity index (χ0) is 84.0. The average molecular weight is 1610 g/mol. The third-order valence-electron chi connectivity index (χ3n) is 23.3. The third kappa shape index (κ3) is 24.8. The lowest BCUT2D eigenvalue weighted by Gasteiger charge is -2.40. The quantitative estimate of drug-likeness (QED) is 0.0224. The molecule has 624 valence electrons. The first-order valence-electron chi connectivity index (χ1n) is 41.1. The van der Waals surface area contributed by atoms with E-state index in [0.29, 0.717) is 112 Å². The van der Waals surface area contributed by atoms with Crippen LogP contribution in [0.25, 0.3) is 21.8 Å². The maximum absolute atomic E-state index is 13.8. The number of nitrogens with one attached hydrogen (secondary N) is 8. The molecule has 4 saturated carbocycles. The Hall–Kier alpha value is -11.6. The number of aliphatic hydroxyl groups excluding tert-OH is 2. The highest BCUT2D eigenvalue weighted by molar-refractivity contribution is 5.83. The molecule has 10 heterocycles. The van der Waals surface area contributed by atoms with E-state index in [9.17, 15) is 30.2 Å². The number of ether oxygens (including phenoxy) is 1. The van der Waals surface area contributed by atoms with Gasteiger partial charge >= 0.3 is 0 Å². The normalized spacial score (nSPS) is 21.0. The van der Waals surface area contributed by atoms with Crippen molar-refractivity contribution in [1.82, 2.24) is 74.8 Å². The Labute approximate surface area is 695 Å². The van der Waals surface area contributed by atoms with Crippen LogP contribution in [0.3, 0.4) is 0 Å². The van der Waals surface area contributed by atoms with Crippen LogP contribution in [0.1, 0.15) is 212 Å². The number of alkyl halides is 1. The minimum absolute atomic E-state index is 0. The van der Waals surface area contributed by atoms with E-state index in [4.69, 9.17) is 17.6 Å². The Morgan fingerprint density at radius 3 is 1.65 bits per heavy atom. The molecule has 4 fully saturated rings. The lowest BCUT2D eigenvalue weighted by atomic mass is 9.65. The number of anilines is 6. The molecule has 0 unspecified atom stereocenters. The number of fused-ring (bicyclic) bond motifs is 2. The van der Waals surface area contributed by atoms with Gasteiger partial charge in [0.15, 0.2) is 0 Å². The number of pyridine rings is 3. The van der Waals surface area contributed by atoms with Gasteiger partial charge in [-0.15, -0.1) is 12.8 Å². The average Bonchev–Trinajstić information content (AvgIpc) is 1.49. The van der Waals surface area contributed by atoms with Crippen LogP contribution < -0.4 is 36.6 Å². The monoisotopic (exact) mass is 1600 g/mol. The maximum Gasteiger partial charge on any atom is 0.224 e. The van der Waals surface area contributed by atoms with Gasteiger partial charge in [0.25, 0.3) is 0 Å². The fourth-order valence-corrected chi connectivity index (χ4v) is 16.1. The van der Waals surface area contributed by atoms with Crippen molar-refractivity contribution in [2.75, 3.05) is 58.1 Å². The van der Waals surface area contributed by atoms with Crippen molar-refractivity contribution >= 4 is 57.2 Å². The summed E-state index contributed by atoms with van der Waals surface area (Å²) in [5.74, 6) is 10.6. The molecule has 28 heteroatoms. The van der Waals surface area contributed by atoms with E-state index in [1.54, 1.807) is 43.4 Å². The first-order chi connectivity index (χ1) is 56.5. The molecule has 14 rings (SSSR count). The fourth-order valence-electron chi connectivity index (χ4n) is 16.1. The number of aromatic nitrogens is 15. The SMILES string of the molecule is C#Cc1cnc(NCCc2c[nH]c3ccncc23)nc1N[C@@H]1CC[C@H](O)C(C)(C)C1.C#Cc1cnc(NCCc2c[nH]c3cnccc23)nc1N[C@@H]1CC[C@H](O)C(C)(C)C1.CC(C)(F)COc1ncncc1CNc1ncc(C#N)c(C[C@H]2CCC[C@](C)(O)C2)n1.C[C@H]1CC[C@@H](Cc2nc(NCCc3ccccn3)ncc2C#N)CC1(C)C.[HH].[HH]. The molecule has 8 atom stereocenters. The molecular formula is C90H118FN23O4. The molecule has 0 spiro atoms. The summed E-state index contributed by atoms with van der Waals surface area (Å²) in [6.07, 6.45) is 49.4. The Bertz CT molecular complexity index is 4980. The number of terminal acetylenes is 2. The second-order valence-corrected chi connectivity index (χ2v) is 34.7. The van der Waals surface area contributed by atoms with Crippen molar-refractivity contribution in [1.29, 1.82) is 10.5 Å². The second kappa shape index (κ2) is 40.1. The largest absolute Gasteiger partial charge is 0.474 e. The number of nitriles is 2. The molecule has 10 aromatic heterocycles. The van der Waals surface area contributed by atoms with Gasteiger partial charge in [-0.1, -0.05) is 72.8 Å². The molecule has 4 aliphatic carbocycles. The van der Waals surface area contributed by atoms with E-state index in [0.717, 1.165) is 124 Å². The Balaban J connectivity index is 0.000000181. The minimum Gasteiger partial charge on any atom is -0.474 e. The van der Waals surface area contributed by atoms with Crippen LogP contribution in [0.15, 0.2) is 111 Å². The third-order valence-corrected chi connectivity index (χ3v) is 23.3. The van der Waals surface area contributed by atoms with Crippen molar-refractivity contribution in [3.8, 4) is 42.7 Å². The smallest absolute Gasteiger partial charge is 0.224 e. The molecule has 27 nitrogen and oxygen atoms in total. The number of aliphatic hydroxyl groups is 3. The van der Waals surface area contributed by atoms with Crippen LogP contribution in [0, 0.1) is 81.3 Å². The highest BCUT2D eigenvalue weighted by atomic mass is 19.1. The van der Waals surface area contributed by atoms with Gasteiger partial charge in [0.2, 0.25) is 29.7 Å². The summed E-state index contributed by atoms with van der Waals surface area (Å²) >= 11 is 0. The highest BCUT2D eigenvalue weighted by Gasteiger charge is 2.39. The van der Waals surface area contributed by atoms with Crippen molar-refractivity contribution in [2.45, 2.75) is 227 Å². The summed E-state index contributed by atoms with van der Waals surface area (Å²) < 4.78 is 19.3. The van der Waals surface area contributed by atoms with Crippen molar-refractivity contribution in [2.24, 2.45) is 34.0 Å². The second-order valence-electron chi connectivity index (χ2n) is 34.7. The summed E-state index contributed by atoms with van der Waals surface area (Å²) in [7, 11) is 0. The summed E-state index contributed by atoms with van der Waals surface area (Å²) in [5.41, 5.74) is 8.05. The number of nitrogens with zero attached hydrogens (tertiary/aromatic N) is 15. The van der Waals surface area contributed by atoms with Crippen LogP contribution >= 0.6 is 0 Å². The standard InChI is InChI=1S/2C23H28N6O.C22H29FN6O2.C22H29N5.2H2/c1-4-15-12-27-22(25-10-7-16-13-26-19-8-9-24-14-18(16)19)29-21(15)28-17-5-6-20(30)23(2,3)11-17;1-4-15-12-27-22(25-10-7-16-13-26-19-14-24-9-8-18(16)19)29-21(15)28-17-5-6-20(30)23(2,3)11-17;1-21(2,23)13-31-19-17(10-25-14-28-19)12-27-20-26-11-16(9-24)18(29-20)7-15-5-4-6-22(3,30)8-15;1-16-7-8-17(13-22(16,2)3)12-20-18(14-23)15-26-21(27-20)25-11-9-19-6-4-5-10-24-19;;/h2*1,8-9,12-14,17,20,26,30H,5-7,10-11H2,2-3H3,(H2,25,27,28,29);10-11,14-15,30H,4-8,12-13H2,1-3H3,(H,26,27,29);4-6,10,15-17H,7-9,11-13H2,1-3H3,(H,25,26,27);2*1H/t2*17-,20+;15-,22+;16-,17-;;/m1110../s1. The van der Waals surface area contributed by atoms with Crippen LogP contribution in [0.2, 0.25) is 0 Å². The number of halogens is 1. The van der Waals surface area contributed by atoms with Crippen molar-refractivity contribution in [3.05, 3.63) is 167 Å². The van der Waals surface area contributed by atoms with Gasteiger partial charge in [-0.25, -0.2) is 44.3 Å². The molecule has 0 aromatic carbocycles. The summed E-state index contributed by atoms with van der Waals surface area (Å²) in [6.45, 7) is 22.5. The Morgan fingerprint density at radius 2 is 1.10 bits per heavy atom. The van der Waals surface area contributed by atoms with Crippen LogP contribution in [0.4, 0.5) is 39.8 Å². The van der Waals surface area contributed by atoms with E-state index < -0.39 is 11.3 Å². The van der Waals surface area contributed by atoms with Crippen molar-refractivity contribution in [3.63, 3.8) is 0 Å². The van der Waals surface area contributed by atoms with Gasteiger partial charge in [-0.05, 0) is 193 Å². The Morgan fingerprint density at radius 1 is 0.559 bits per heavy atom. The number of H-pyrrole nitrogens is 2. The van der Waals surface area contributed by atoms with Crippen LogP contribution in [-0.4, -0.2) is 152 Å². The fraction of sp³-hybridized carbons (Fsp3) is 0.500. The molecule has 0 bridgehead atoms. The first kappa shape index (κ1) is 87.3. The van der Waals surface area contributed by atoms with Crippen molar-refractivity contribution < 1.29 is 27.3 Å². The molecule has 118 heavy (non-hydrogen) atoms. The molecule has 10 aromatic rings. The molecular weight excluding hydrogens is 1490 g/mol. The topological polar surface area (TPSA) is 389 Å². The van der Waals surface area contributed by atoms with Crippen LogP contribution in [0.5, 0.6) is 5.88 Å². The maximum atomic E-state index is 13.8. The zero-order valence-electron chi connectivity index (χ0n) is 69.7. The van der Waals surface area contributed by atoms with Gasteiger partial charge < -0.3 is 61.9 Å². The molecule has 11 N–H and O–H groups in total. The molecule has 4 aliphatic rings. The molecule has 0 aliphatic heterocycles. The molecule has 0 radical (unpaired) electrons. The lowest BCUT2D eigenvalue weighted by Crippen LogP contribution is -2.41. The molecule has 0 saturated heterocycles. The van der Waals surface area contributed by atoms with E-state index in [-0.39, 0.29) is 57.0 Å². The predicted molar refractivity (Wildman–Crippen MR) is 463 cm³/mol. The van der Waals surface area contributed by atoms with Gasteiger partial charge in [0.1, 0.15) is 42.4 Å². The van der Waals surface area contributed by atoms with E-state index >= 15 is 0 Å². The van der Waals surface area contributed by atoms with Gasteiger partial charge in [-0.3, -0.25) is 15.0 Å². The minimum atomic E-state index is -1.48. The van der Waals surface area contributed by atoms with E-state index in [2.05, 4.69) is 179 Å². The van der Waals surface area contributed by atoms with Crippen LogP contribution in [-0.2, 0) is 38.6 Å². The number of rotatable bonds is 26. The first-order valence-corrected chi connectivity index (χ1v) is 41.1. The number of hydrogen-bond donors (Lipinski definition) is 11. The zero-order valence-corrected chi connectivity index (χ0v) is 69.7. The Kier molecular flexibility index (Phi) is 29.6. The summed E-state index contributed by atoms with van der Waals surface area (Å²) in [6, 6.07) is 14.8. The van der Waals surface area contributed by atoms with Gasteiger partial charge in [-0.2, -0.15) is 20.5 Å². The summed E-state index contributed by atoms with van der Waals surface area (Å²) in [4.78, 5) is 63.0. The van der Waals surface area contributed by atoms with Gasteiger partial charge in [0.05, 0.1) is 93.5 Å². The number of aromatic amines is 2. The van der Waals surface area contributed by atoms with Gasteiger partial charge in [0, 0.05) is 113 Å².